The van der Waals surface area contributed by atoms with Gasteiger partial charge in [0.15, 0.2) is 11.6 Å². The highest BCUT2D eigenvalue weighted by atomic mass is 35.5. The van der Waals surface area contributed by atoms with Gasteiger partial charge in [-0.25, -0.2) is 9.37 Å². The molecule has 0 aromatic carbocycles. The van der Waals surface area contributed by atoms with Crippen molar-refractivity contribution >= 4 is 17.4 Å². The summed E-state index contributed by atoms with van der Waals surface area (Å²) >= 11 is 5.65. The minimum atomic E-state index is -0.396. The van der Waals surface area contributed by atoms with Crippen LogP contribution in [0, 0.1) is 5.82 Å². The molecule has 3 nitrogen and oxygen atoms in total. The summed E-state index contributed by atoms with van der Waals surface area (Å²) in [5, 5.41) is 6.76. The maximum atomic E-state index is 13.6. The summed E-state index contributed by atoms with van der Waals surface area (Å²) in [6, 6.07) is 1.28. The molecule has 0 aliphatic carbocycles. The van der Waals surface area contributed by atoms with Crippen LogP contribution >= 0.6 is 11.6 Å². The first-order chi connectivity index (χ1) is 7.59. The number of pyridine rings is 1. The number of hydrogen-bond acceptors (Lipinski definition) is 3. The molecule has 0 unspecified atom stereocenters. The molecule has 0 atom stereocenters. The van der Waals surface area contributed by atoms with Gasteiger partial charge in [0.05, 0.1) is 5.02 Å². The maximum absolute atomic E-state index is 13.6. The van der Waals surface area contributed by atoms with Gasteiger partial charge in [0.2, 0.25) is 0 Å². The first-order valence-corrected chi connectivity index (χ1v) is 5.77. The van der Waals surface area contributed by atoms with E-state index in [0.717, 1.165) is 25.9 Å². The number of anilines is 1. The first-order valence-electron chi connectivity index (χ1n) is 5.39. The van der Waals surface area contributed by atoms with E-state index in [0.29, 0.717) is 5.02 Å². The molecule has 1 aromatic heterocycles. The van der Waals surface area contributed by atoms with Crippen molar-refractivity contribution in [1.82, 2.24) is 10.3 Å². The van der Waals surface area contributed by atoms with E-state index in [2.05, 4.69) is 22.5 Å². The zero-order valence-electron chi connectivity index (χ0n) is 9.19. The van der Waals surface area contributed by atoms with Crippen LogP contribution in [-0.4, -0.2) is 23.6 Å². The first kappa shape index (κ1) is 11.6. The number of hydrogen-bond donors (Lipinski definition) is 2. The van der Waals surface area contributed by atoms with Crippen LogP contribution in [0.3, 0.4) is 0 Å². The zero-order valence-corrected chi connectivity index (χ0v) is 9.94. The molecule has 88 valence electrons. The van der Waals surface area contributed by atoms with E-state index in [-0.39, 0.29) is 11.4 Å². The Balaban J connectivity index is 2.13. The third kappa shape index (κ3) is 2.62. The lowest BCUT2D eigenvalue weighted by atomic mass is 9.90. The van der Waals surface area contributed by atoms with E-state index in [9.17, 15) is 4.39 Å². The molecule has 1 aliphatic rings. The Labute approximate surface area is 99.4 Å². The van der Waals surface area contributed by atoms with Crippen LogP contribution in [0.25, 0.3) is 0 Å². The molecule has 0 radical (unpaired) electrons. The zero-order chi connectivity index (χ0) is 11.6. The second-order valence-electron chi connectivity index (χ2n) is 4.42. The second-order valence-corrected chi connectivity index (χ2v) is 4.86. The maximum Gasteiger partial charge on any atom is 0.166 e. The van der Waals surface area contributed by atoms with Gasteiger partial charge < -0.3 is 10.6 Å². The van der Waals surface area contributed by atoms with Crippen LogP contribution in [0.1, 0.15) is 19.8 Å². The molecule has 0 saturated carbocycles. The molecule has 1 saturated heterocycles. The van der Waals surface area contributed by atoms with Crippen LogP contribution in [0.5, 0.6) is 0 Å². The molecule has 1 fully saturated rings. The van der Waals surface area contributed by atoms with Gasteiger partial charge in [-0.2, -0.15) is 0 Å². The van der Waals surface area contributed by atoms with Crippen molar-refractivity contribution in [3.8, 4) is 0 Å². The number of nitrogens with one attached hydrogen (secondary N) is 2. The van der Waals surface area contributed by atoms with Crippen molar-refractivity contribution in [1.29, 1.82) is 0 Å². The summed E-state index contributed by atoms with van der Waals surface area (Å²) in [6.07, 6.45) is 3.37. The van der Waals surface area contributed by atoms with Crippen molar-refractivity contribution in [3.63, 3.8) is 0 Å². The molecule has 2 rings (SSSR count). The van der Waals surface area contributed by atoms with E-state index >= 15 is 0 Å². The highest BCUT2D eigenvalue weighted by molar-refractivity contribution is 6.30. The fraction of sp³-hybridized carbons (Fsp3) is 0.545. The standard InChI is InChI=1S/C11H15ClFN3/c1-11(2-4-14-5-3-11)16-10-9(13)6-8(12)7-15-10/h6-7,14H,2-5H2,1H3,(H,15,16). The highest BCUT2D eigenvalue weighted by Gasteiger charge is 2.27. The minimum Gasteiger partial charge on any atom is -0.362 e. The Hall–Kier alpha value is -0.870. The highest BCUT2D eigenvalue weighted by Crippen LogP contribution is 2.25. The molecule has 0 amide bonds. The molecule has 2 heterocycles. The smallest absolute Gasteiger partial charge is 0.166 e. The van der Waals surface area contributed by atoms with Gasteiger partial charge >= 0.3 is 0 Å². The Bertz CT molecular complexity index is 377. The van der Waals surface area contributed by atoms with Gasteiger partial charge in [0, 0.05) is 11.7 Å². The summed E-state index contributed by atoms with van der Waals surface area (Å²) in [5.74, 6) is -0.110. The largest absolute Gasteiger partial charge is 0.362 e. The molecule has 0 spiro atoms. The van der Waals surface area contributed by atoms with Crippen LogP contribution in [0.2, 0.25) is 5.02 Å². The van der Waals surface area contributed by atoms with Gasteiger partial charge in [0.25, 0.3) is 0 Å². The van der Waals surface area contributed by atoms with Crippen molar-refractivity contribution in [2.45, 2.75) is 25.3 Å². The third-order valence-electron chi connectivity index (χ3n) is 2.94. The lowest BCUT2D eigenvalue weighted by Gasteiger charge is -2.35. The molecule has 0 bridgehead atoms. The second kappa shape index (κ2) is 4.55. The van der Waals surface area contributed by atoms with E-state index in [4.69, 9.17) is 11.6 Å². The van der Waals surface area contributed by atoms with Crippen molar-refractivity contribution in [3.05, 3.63) is 23.1 Å². The fourth-order valence-electron chi connectivity index (χ4n) is 1.90. The monoisotopic (exact) mass is 243 g/mol. The SMILES string of the molecule is CC1(Nc2ncc(Cl)cc2F)CCNCC1. The van der Waals surface area contributed by atoms with Crippen LogP contribution in [-0.2, 0) is 0 Å². The molecule has 16 heavy (non-hydrogen) atoms. The minimum absolute atomic E-state index is 0.0904. The molecule has 2 N–H and O–H groups in total. The van der Waals surface area contributed by atoms with Gasteiger partial charge in [-0.1, -0.05) is 11.6 Å². The molecule has 1 aromatic rings. The van der Waals surface area contributed by atoms with Crippen molar-refractivity contribution in [2.75, 3.05) is 18.4 Å². The summed E-state index contributed by atoms with van der Waals surface area (Å²) in [6.45, 7) is 3.97. The van der Waals surface area contributed by atoms with Gasteiger partial charge in [-0.3, -0.25) is 0 Å². The van der Waals surface area contributed by atoms with Crippen LogP contribution in [0.15, 0.2) is 12.3 Å². The molecule has 5 heteroatoms. The average Bonchev–Trinajstić information content (AvgIpc) is 2.23. The predicted molar refractivity (Wildman–Crippen MR) is 63.3 cm³/mol. The van der Waals surface area contributed by atoms with Gasteiger partial charge in [0.1, 0.15) is 0 Å². The predicted octanol–water partition coefficient (Wildman–Crippen LogP) is 2.43. The summed E-state index contributed by atoms with van der Waals surface area (Å²) in [5.41, 5.74) is -0.0904. The Morgan fingerprint density at radius 1 is 1.50 bits per heavy atom. The lowest BCUT2D eigenvalue weighted by molar-refractivity contribution is 0.362. The third-order valence-corrected chi connectivity index (χ3v) is 3.14. The van der Waals surface area contributed by atoms with Crippen molar-refractivity contribution in [2.24, 2.45) is 0 Å². The van der Waals surface area contributed by atoms with Gasteiger partial charge in [-0.05, 0) is 38.9 Å². The quantitative estimate of drug-likeness (QED) is 0.838. The summed E-state index contributed by atoms with van der Waals surface area (Å²) < 4.78 is 13.6. The van der Waals surface area contributed by atoms with Crippen molar-refractivity contribution < 1.29 is 4.39 Å². The number of piperidine rings is 1. The summed E-state index contributed by atoms with van der Waals surface area (Å²) in [4.78, 5) is 3.98. The Morgan fingerprint density at radius 2 is 2.19 bits per heavy atom. The fourth-order valence-corrected chi connectivity index (χ4v) is 2.04. The average molecular weight is 244 g/mol. The molecular weight excluding hydrogens is 229 g/mol. The summed E-state index contributed by atoms with van der Waals surface area (Å²) in [7, 11) is 0. The number of aromatic nitrogens is 1. The van der Waals surface area contributed by atoms with Gasteiger partial charge in [-0.15, -0.1) is 0 Å². The number of nitrogens with zero attached hydrogens (tertiary/aromatic N) is 1. The normalized spacial score (nSPS) is 19.4. The van der Waals surface area contributed by atoms with Crippen LogP contribution < -0.4 is 10.6 Å². The lowest BCUT2D eigenvalue weighted by Crippen LogP contribution is -2.45. The van der Waals surface area contributed by atoms with E-state index in [1.165, 1.54) is 12.3 Å². The molecular formula is C11H15ClFN3. The van der Waals surface area contributed by atoms with E-state index < -0.39 is 5.82 Å². The van der Waals surface area contributed by atoms with Crippen LogP contribution in [0.4, 0.5) is 10.2 Å². The van der Waals surface area contributed by atoms with E-state index in [1.54, 1.807) is 0 Å². The Kier molecular flexibility index (Phi) is 3.30. The number of rotatable bonds is 2. The molecule has 1 aliphatic heterocycles. The van der Waals surface area contributed by atoms with E-state index in [1.807, 2.05) is 0 Å². The number of halogens is 2. The Morgan fingerprint density at radius 3 is 2.81 bits per heavy atom. The topological polar surface area (TPSA) is 37.0 Å².